The van der Waals surface area contributed by atoms with Crippen LogP contribution in [-0.2, 0) is 21.6 Å². The molecule has 1 unspecified atom stereocenters. The van der Waals surface area contributed by atoms with Crippen molar-refractivity contribution in [2.75, 3.05) is 13.2 Å². The summed E-state index contributed by atoms with van der Waals surface area (Å²) in [5.41, 5.74) is 0.996. The van der Waals surface area contributed by atoms with Crippen molar-refractivity contribution in [2.24, 2.45) is 0 Å². The lowest BCUT2D eigenvalue weighted by Gasteiger charge is -2.32. The summed E-state index contributed by atoms with van der Waals surface area (Å²) in [4.78, 5) is 17.0. The Bertz CT molecular complexity index is 965. The molecule has 31 heavy (non-hydrogen) atoms. The van der Waals surface area contributed by atoms with E-state index < -0.39 is 11.6 Å². The van der Waals surface area contributed by atoms with E-state index in [0.29, 0.717) is 25.5 Å². The van der Waals surface area contributed by atoms with Gasteiger partial charge in [-0.2, -0.15) is 0 Å². The second-order valence-corrected chi connectivity index (χ2v) is 8.27. The van der Waals surface area contributed by atoms with Gasteiger partial charge < -0.3 is 19.0 Å². The number of benzene rings is 1. The lowest BCUT2D eigenvalue weighted by Crippen LogP contribution is -2.32. The molecule has 1 N–H and O–H groups in total. The number of oxazole rings is 1. The third-order valence-electron chi connectivity index (χ3n) is 5.26. The summed E-state index contributed by atoms with van der Waals surface area (Å²) in [7, 11) is 0. The van der Waals surface area contributed by atoms with Gasteiger partial charge in [0, 0.05) is 6.61 Å². The SMILES string of the molecule is CCOC(CC)(CC(=O)O)c1ccc(OCCCc2nc(-c3cccs3)oc2C)cc1. The fraction of sp³-hybridized carbons (Fsp3) is 0.417. The minimum absolute atomic E-state index is 0.0674. The molecule has 0 spiro atoms. The van der Waals surface area contributed by atoms with E-state index in [1.165, 1.54) is 0 Å². The van der Waals surface area contributed by atoms with Crippen LogP contribution in [0, 0.1) is 6.92 Å². The molecule has 6 nitrogen and oxygen atoms in total. The number of hydrogen-bond acceptors (Lipinski definition) is 6. The predicted molar refractivity (Wildman–Crippen MR) is 121 cm³/mol. The van der Waals surface area contributed by atoms with Gasteiger partial charge in [-0.1, -0.05) is 25.1 Å². The van der Waals surface area contributed by atoms with Crippen LogP contribution in [0.1, 0.15) is 50.1 Å². The van der Waals surface area contributed by atoms with Gasteiger partial charge in [-0.15, -0.1) is 11.3 Å². The molecule has 0 bridgehead atoms. The maximum absolute atomic E-state index is 11.4. The zero-order chi connectivity index (χ0) is 22.3. The summed E-state index contributed by atoms with van der Waals surface area (Å²) in [6.07, 6.45) is 2.11. The lowest BCUT2D eigenvalue weighted by molar-refractivity contribution is -0.146. The molecule has 166 valence electrons. The van der Waals surface area contributed by atoms with Gasteiger partial charge in [-0.25, -0.2) is 4.98 Å². The topological polar surface area (TPSA) is 81.8 Å². The number of carbonyl (C=O) groups is 1. The highest BCUT2D eigenvalue weighted by atomic mass is 32.1. The minimum Gasteiger partial charge on any atom is -0.494 e. The summed E-state index contributed by atoms with van der Waals surface area (Å²) in [6.45, 7) is 6.77. The van der Waals surface area contributed by atoms with E-state index in [1.807, 2.05) is 62.5 Å². The van der Waals surface area contributed by atoms with Crippen LogP contribution in [0.4, 0.5) is 0 Å². The zero-order valence-electron chi connectivity index (χ0n) is 18.2. The van der Waals surface area contributed by atoms with Crippen LogP contribution in [-0.4, -0.2) is 29.3 Å². The van der Waals surface area contributed by atoms with Crippen molar-refractivity contribution in [1.82, 2.24) is 4.98 Å². The minimum atomic E-state index is -0.874. The number of ether oxygens (including phenoxy) is 2. The largest absolute Gasteiger partial charge is 0.494 e. The first-order chi connectivity index (χ1) is 15.0. The molecular weight excluding hydrogens is 414 g/mol. The number of thiophene rings is 1. The van der Waals surface area contributed by atoms with Crippen LogP contribution in [0.2, 0.25) is 0 Å². The number of hydrogen-bond donors (Lipinski definition) is 1. The van der Waals surface area contributed by atoms with Gasteiger partial charge in [0.25, 0.3) is 0 Å². The third-order valence-corrected chi connectivity index (χ3v) is 6.12. The van der Waals surface area contributed by atoms with E-state index in [-0.39, 0.29) is 6.42 Å². The van der Waals surface area contributed by atoms with E-state index in [9.17, 15) is 9.90 Å². The normalized spacial score (nSPS) is 13.1. The zero-order valence-corrected chi connectivity index (χ0v) is 19.0. The quantitative estimate of drug-likeness (QED) is 0.354. The molecule has 7 heteroatoms. The van der Waals surface area contributed by atoms with Crippen molar-refractivity contribution < 1.29 is 23.8 Å². The van der Waals surface area contributed by atoms with Crippen LogP contribution in [0.25, 0.3) is 10.8 Å². The van der Waals surface area contributed by atoms with Crippen LogP contribution in [0.3, 0.4) is 0 Å². The molecule has 2 aromatic heterocycles. The second-order valence-electron chi connectivity index (χ2n) is 7.33. The van der Waals surface area contributed by atoms with Crippen molar-refractivity contribution in [3.63, 3.8) is 0 Å². The van der Waals surface area contributed by atoms with Gasteiger partial charge in [0.2, 0.25) is 5.89 Å². The van der Waals surface area contributed by atoms with E-state index in [1.54, 1.807) is 11.3 Å². The molecule has 0 amide bonds. The molecule has 0 aliphatic carbocycles. The maximum Gasteiger partial charge on any atom is 0.306 e. The van der Waals surface area contributed by atoms with Crippen LogP contribution >= 0.6 is 11.3 Å². The van der Waals surface area contributed by atoms with Gasteiger partial charge in [-0.05, 0) is 62.3 Å². The number of aromatic nitrogens is 1. The average molecular weight is 444 g/mol. The van der Waals surface area contributed by atoms with Gasteiger partial charge in [0.15, 0.2) is 0 Å². The standard InChI is InChI=1S/C24H29NO5S/c1-4-24(29-5-2,16-22(26)27)18-10-12-19(13-11-18)28-14-6-8-20-17(3)30-23(25-20)21-9-7-15-31-21/h7,9-13,15H,4-6,8,14,16H2,1-3H3,(H,26,27). The Hall–Kier alpha value is -2.64. The number of rotatable bonds is 12. The highest BCUT2D eigenvalue weighted by Gasteiger charge is 2.33. The molecule has 0 aliphatic heterocycles. The summed E-state index contributed by atoms with van der Waals surface area (Å²) >= 11 is 1.61. The number of nitrogens with zero attached hydrogens (tertiary/aromatic N) is 1. The van der Waals surface area contributed by atoms with E-state index in [0.717, 1.165) is 40.5 Å². The van der Waals surface area contributed by atoms with Gasteiger partial charge >= 0.3 is 5.97 Å². The Balaban J connectivity index is 1.55. The molecule has 2 heterocycles. The Morgan fingerprint density at radius 3 is 2.61 bits per heavy atom. The van der Waals surface area contributed by atoms with E-state index >= 15 is 0 Å². The molecule has 1 aromatic carbocycles. The Morgan fingerprint density at radius 1 is 1.23 bits per heavy atom. The van der Waals surface area contributed by atoms with Crippen molar-refractivity contribution >= 4 is 17.3 Å². The van der Waals surface area contributed by atoms with E-state index in [4.69, 9.17) is 13.9 Å². The van der Waals surface area contributed by atoms with Gasteiger partial charge in [0.05, 0.1) is 23.6 Å². The maximum atomic E-state index is 11.4. The number of aryl methyl sites for hydroxylation is 2. The first kappa shape index (κ1) is 23.0. The summed E-state index contributed by atoms with van der Waals surface area (Å²) in [5, 5.41) is 11.3. The molecule has 0 aliphatic rings. The summed E-state index contributed by atoms with van der Waals surface area (Å²) < 4.78 is 17.5. The first-order valence-electron chi connectivity index (χ1n) is 10.6. The fourth-order valence-electron chi connectivity index (χ4n) is 3.64. The Labute approximate surface area is 186 Å². The highest BCUT2D eigenvalue weighted by Crippen LogP contribution is 2.34. The number of carboxylic acid groups (broad SMARTS) is 1. The molecule has 0 saturated carbocycles. The van der Waals surface area contributed by atoms with Crippen LogP contribution in [0.5, 0.6) is 5.75 Å². The first-order valence-corrected chi connectivity index (χ1v) is 11.4. The van der Waals surface area contributed by atoms with Crippen LogP contribution < -0.4 is 4.74 Å². The number of carboxylic acids is 1. The summed E-state index contributed by atoms with van der Waals surface area (Å²) in [6, 6.07) is 11.5. The molecule has 3 aromatic rings. The van der Waals surface area contributed by atoms with Crippen molar-refractivity contribution in [2.45, 2.75) is 52.1 Å². The highest BCUT2D eigenvalue weighted by molar-refractivity contribution is 7.13. The molecule has 0 saturated heterocycles. The average Bonchev–Trinajstić information content (AvgIpc) is 3.41. The van der Waals surface area contributed by atoms with E-state index in [2.05, 4.69) is 4.98 Å². The smallest absolute Gasteiger partial charge is 0.306 e. The number of aliphatic carboxylic acids is 1. The van der Waals surface area contributed by atoms with Crippen molar-refractivity contribution in [1.29, 1.82) is 0 Å². The fourth-order valence-corrected chi connectivity index (χ4v) is 4.29. The molecule has 0 radical (unpaired) electrons. The molecular formula is C24H29NO5S. The van der Waals surface area contributed by atoms with Gasteiger partial charge in [-0.3, -0.25) is 4.79 Å². The van der Waals surface area contributed by atoms with Crippen LogP contribution in [0.15, 0.2) is 46.2 Å². The van der Waals surface area contributed by atoms with Crippen molar-refractivity contribution in [3.05, 3.63) is 58.8 Å². The third kappa shape index (κ3) is 5.74. The lowest BCUT2D eigenvalue weighted by atomic mass is 9.87. The van der Waals surface area contributed by atoms with Gasteiger partial charge in [0.1, 0.15) is 17.1 Å². The monoisotopic (exact) mass is 443 g/mol. The Morgan fingerprint density at radius 2 is 2.00 bits per heavy atom. The molecule has 3 rings (SSSR count). The van der Waals surface area contributed by atoms with Crippen molar-refractivity contribution in [3.8, 4) is 16.5 Å². The predicted octanol–water partition coefficient (Wildman–Crippen LogP) is 5.84. The summed E-state index contributed by atoms with van der Waals surface area (Å²) in [5.74, 6) is 1.39. The second kappa shape index (κ2) is 10.6. The molecule has 1 atom stereocenters. The molecule has 0 fully saturated rings. The Kier molecular flexibility index (Phi) is 7.87.